The normalized spacial score (nSPS) is 10.8. The van der Waals surface area contributed by atoms with Gasteiger partial charge in [-0.25, -0.2) is 4.39 Å². The zero-order chi connectivity index (χ0) is 21.2. The van der Waals surface area contributed by atoms with E-state index in [1.54, 1.807) is 32.1 Å². The van der Waals surface area contributed by atoms with E-state index >= 15 is 0 Å². The van der Waals surface area contributed by atoms with Crippen LogP contribution in [0.25, 0.3) is 0 Å². The summed E-state index contributed by atoms with van der Waals surface area (Å²) in [4.78, 5) is 19.7. The molecule has 2 N–H and O–H groups in total. The van der Waals surface area contributed by atoms with Crippen molar-refractivity contribution in [1.82, 2.24) is 15.5 Å². The number of anilines is 1. The molecule has 0 heterocycles. The van der Waals surface area contributed by atoms with Crippen molar-refractivity contribution in [3.63, 3.8) is 0 Å². The summed E-state index contributed by atoms with van der Waals surface area (Å²) in [5.41, 5.74) is 2.60. The number of guanidine groups is 1. The summed E-state index contributed by atoms with van der Waals surface area (Å²) in [6.07, 6.45) is 0.884. The maximum atomic E-state index is 13.3. The van der Waals surface area contributed by atoms with Crippen LogP contribution in [0.3, 0.4) is 0 Å². The SMILES string of the molecule is CN=C(NCCCN(C)c1cccc(F)c1)NCc1ccc(C(=O)N(C)C)cc1.I. The Kier molecular flexibility index (Phi) is 11.2. The largest absolute Gasteiger partial charge is 0.374 e. The number of carbonyl (C=O) groups excluding carboxylic acids is 1. The first-order valence-electron chi connectivity index (χ1n) is 9.62. The fourth-order valence-electron chi connectivity index (χ4n) is 2.80. The fraction of sp³-hybridized carbons (Fsp3) is 0.364. The van der Waals surface area contributed by atoms with Gasteiger partial charge in [-0.1, -0.05) is 18.2 Å². The van der Waals surface area contributed by atoms with Crippen LogP contribution in [0.5, 0.6) is 0 Å². The summed E-state index contributed by atoms with van der Waals surface area (Å²) in [7, 11) is 7.16. The summed E-state index contributed by atoms with van der Waals surface area (Å²) in [5, 5.41) is 6.54. The van der Waals surface area contributed by atoms with E-state index in [0.29, 0.717) is 18.1 Å². The molecule has 0 aliphatic carbocycles. The number of aliphatic imine (C=N–C) groups is 1. The molecular weight excluding hydrogens is 496 g/mol. The lowest BCUT2D eigenvalue weighted by molar-refractivity contribution is 0.0827. The highest BCUT2D eigenvalue weighted by Gasteiger charge is 2.07. The maximum Gasteiger partial charge on any atom is 0.253 e. The molecule has 8 heteroatoms. The van der Waals surface area contributed by atoms with Crippen LogP contribution in [0.15, 0.2) is 53.5 Å². The predicted molar refractivity (Wildman–Crippen MR) is 132 cm³/mol. The van der Waals surface area contributed by atoms with Crippen molar-refractivity contribution in [3.05, 3.63) is 65.5 Å². The number of nitrogens with one attached hydrogen (secondary N) is 2. The van der Waals surface area contributed by atoms with Crippen LogP contribution in [0.1, 0.15) is 22.3 Å². The van der Waals surface area contributed by atoms with Crippen LogP contribution in [0.4, 0.5) is 10.1 Å². The van der Waals surface area contributed by atoms with Crippen molar-refractivity contribution >= 4 is 41.5 Å². The van der Waals surface area contributed by atoms with Gasteiger partial charge in [0, 0.05) is 59.1 Å². The van der Waals surface area contributed by atoms with E-state index in [9.17, 15) is 9.18 Å². The number of hydrogen-bond donors (Lipinski definition) is 2. The molecule has 1 amide bonds. The van der Waals surface area contributed by atoms with Gasteiger partial charge in [0.05, 0.1) is 0 Å². The van der Waals surface area contributed by atoms with Crippen LogP contribution in [0, 0.1) is 5.82 Å². The highest BCUT2D eigenvalue weighted by Crippen LogP contribution is 2.13. The van der Waals surface area contributed by atoms with Crippen LogP contribution in [0.2, 0.25) is 0 Å². The summed E-state index contributed by atoms with van der Waals surface area (Å²) >= 11 is 0. The zero-order valence-electron chi connectivity index (χ0n) is 18.0. The van der Waals surface area contributed by atoms with Gasteiger partial charge < -0.3 is 20.4 Å². The molecule has 0 aromatic heterocycles. The molecule has 0 unspecified atom stereocenters. The van der Waals surface area contributed by atoms with Gasteiger partial charge in [0.25, 0.3) is 5.91 Å². The Labute approximate surface area is 195 Å². The van der Waals surface area contributed by atoms with Gasteiger partial charge in [0.2, 0.25) is 0 Å². The lowest BCUT2D eigenvalue weighted by Crippen LogP contribution is -2.38. The van der Waals surface area contributed by atoms with Crippen LogP contribution in [-0.4, -0.2) is 58.0 Å². The van der Waals surface area contributed by atoms with E-state index in [1.807, 2.05) is 42.3 Å². The van der Waals surface area contributed by atoms with E-state index < -0.39 is 0 Å². The number of halogens is 2. The molecule has 0 radical (unpaired) electrons. The van der Waals surface area contributed by atoms with Crippen LogP contribution < -0.4 is 15.5 Å². The van der Waals surface area contributed by atoms with E-state index in [0.717, 1.165) is 30.8 Å². The summed E-state index contributed by atoms with van der Waals surface area (Å²) in [6.45, 7) is 2.16. The molecule has 0 saturated carbocycles. The molecule has 0 aliphatic heterocycles. The molecule has 2 rings (SSSR count). The third-order valence-electron chi connectivity index (χ3n) is 4.50. The molecule has 30 heavy (non-hydrogen) atoms. The Balaban J connectivity index is 0.00000450. The standard InChI is InChI=1S/C22H30FN5O.HI/c1-24-22(25-13-6-14-28(4)20-8-5-7-19(23)15-20)26-16-17-9-11-18(12-10-17)21(29)27(2)3;/h5,7-12,15H,6,13-14,16H2,1-4H3,(H2,24,25,26);1H. The van der Waals surface area contributed by atoms with E-state index in [2.05, 4.69) is 15.6 Å². The maximum absolute atomic E-state index is 13.3. The molecule has 0 fully saturated rings. The fourth-order valence-corrected chi connectivity index (χ4v) is 2.80. The van der Waals surface area contributed by atoms with Crippen LogP contribution >= 0.6 is 24.0 Å². The number of carbonyl (C=O) groups is 1. The van der Waals surface area contributed by atoms with Gasteiger partial charge in [-0.2, -0.15) is 0 Å². The Bertz CT molecular complexity index is 827. The first kappa shape index (κ1) is 25.7. The van der Waals surface area contributed by atoms with Gasteiger partial charge >= 0.3 is 0 Å². The average molecular weight is 527 g/mol. The smallest absolute Gasteiger partial charge is 0.253 e. The summed E-state index contributed by atoms with van der Waals surface area (Å²) in [5.74, 6) is 0.480. The van der Waals surface area contributed by atoms with Gasteiger partial charge in [-0.15, -0.1) is 24.0 Å². The number of amides is 1. The van der Waals surface area contributed by atoms with E-state index in [-0.39, 0.29) is 35.7 Å². The number of hydrogen-bond acceptors (Lipinski definition) is 3. The van der Waals surface area contributed by atoms with Crippen molar-refractivity contribution in [2.45, 2.75) is 13.0 Å². The number of rotatable bonds is 8. The van der Waals surface area contributed by atoms with Gasteiger partial charge in [0.1, 0.15) is 5.82 Å². The molecule has 2 aromatic rings. The highest BCUT2D eigenvalue weighted by atomic mass is 127. The van der Waals surface area contributed by atoms with Gasteiger partial charge in [-0.3, -0.25) is 9.79 Å². The zero-order valence-corrected chi connectivity index (χ0v) is 20.3. The molecule has 164 valence electrons. The van der Waals surface area contributed by atoms with Crippen molar-refractivity contribution < 1.29 is 9.18 Å². The summed E-state index contributed by atoms with van der Waals surface area (Å²) in [6, 6.07) is 14.1. The van der Waals surface area contributed by atoms with Crippen molar-refractivity contribution in [2.75, 3.05) is 46.2 Å². The lowest BCUT2D eigenvalue weighted by atomic mass is 10.1. The predicted octanol–water partition coefficient (Wildman–Crippen LogP) is 3.34. The Morgan fingerprint density at radius 2 is 1.77 bits per heavy atom. The average Bonchev–Trinajstić information content (AvgIpc) is 2.72. The second-order valence-electron chi connectivity index (χ2n) is 7.00. The first-order chi connectivity index (χ1) is 13.9. The minimum Gasteiger partial charge on any atom is -0.374 e. The molecule has 0 spiro atoms. The lowest BCUT2D eigenvalue weighted by Gasteiger charge is -2.20. The van der Waals surface area contributed by atoms with Crippen molar-refractivity contribution in [1.29, 1.82) is 0 Å². The summed E-state index contributed by atoms with van der Waals surface area (Å²) < 4.78 is 13.3. The molecule has 0 aliphatic rings. The van der Waals surface area contributed by atoms with Crippen molar-refractivity contribution in [3.8, 4) is 0 Å². The molecule has 2 aromatic carbocycles. The van der Waals surface area contributed by atoms with Crippen LogP contribution in [-0.2, 0) is 6.54 Å². The highest BCUT2D eigenvalue weighted by molar-refractivity contribution is 14.0. The van der Waals surface area contributed by atoms with Gasteiger partial charge in [-0.05, 0) is 42.3 Å². The second kappa shape index (κ2) is 13.0. The third kappa shape index (κ3) is 8.17. The van der Waals surface area contributed by atoms with Gasteiger partial charge in [0.15, 0.2) is 5.96 Å². The Hall–Kier alpha value is -2.36. The Morgan fingerprint density at radius 1 is 1.07 bits per heavy atom. The number of benzene rings is 2. The second-order valence-corrected chi connectivity index (χ2v) is 7.00. The van der Waals surface area contributed by atoms with E-state index in [4.69, 9.17) is 0 Å². The van der Waals surface area contributed by atoms with Crippen molar-refractivity contribution in [2.24, 2.45) is 4.99 Å². The molecule has 0 saturated heterocycles. The molecular formula is C22H31FIN5O. The molecule has 6 nitrogen and oxygen atoms in total. The third-order valence-corrected chi connectivity index (χ3v) is 4.50. The Morgan fingerprint density at radius 3 is 2.37 bits per heavy atom. The minimum atomic E-state index is -0.226. The first-order valence-corrected chi connectivity index (χ1v) is 9.62. The van der Waals surface area contributed by atoms with E-state index in [1.165, 1.54) is 12.1 Å². The molecule has 0 atom stereocenters. The quantitative estimate of drug-likeness (QED) is 0.240. The molecule has 0 bridgehead atoms. The minimum absolute atomic E-state index is 0. The topological polar surface area (TPSA) is 60.0 Å². The number of nitrogens with zero attached hydrogens (tertiary/aromatic N) is 3. The monoisotopic (exact) mass is 527 g/mol.